The third-order valence-corrected chi connectivity index (χ3v) is 5.24. The molecule has 1 aromatic carbocycles. The molecule has 27 heavy (non-hydrogen) atoms. The lowest BCUT2D eigenvalue weighted by molar-refractivity contribution is -0.159. The molecule has 1 aliphatic heterocycles. The maximum atomic E-state index is 12.6. The molecule has 3 rings (SSSR count). The van der Waals surface area contributed by atoms with Crippen molar-refractivity contribution in [2.75, 3.05) is 26.8 Å². The van der Waals surface area contributed by atoms with Crippen LogP contribution in [0.1, 0.15) is 25.0 Å². The van der Waals surface area contributed by atoms with E-state index in [9.17, 15) is 14.7 Å². The fourth-order valence-corrected chi connectivity index (χ4v) is 3.75. The number of carboxylic acid groups (broad SMARTS) is 1. The Hall–Kier alpha value is -2.60. The zero-order valence-corrected chi connectivity index (χ0v) is 15.6. The number of H-pyrrole nitrogens is 1. The lowest BCUT2D eigenvalue weighted by atomic mass is 9.80. The Morgan fingerprint density at radius 3 is 2.70 bits per heavy atom. The van der Waals surface area contributed by atoms with Gasteiger partial charge < -0.3 is 19.7 Å². The predicted octanol–water partition coefficient (Wildman–Crippen LogP) is 2.95. The zero-order valence-electron chi connectivity index (χ0n) is 15.6. The summed E-state index contributed by atoms with van der Waals surface area (Å²) in [6.45, 7) is 0.954. The molecule has 144 valence electrons. The first-order valence-corrected chi connectivity index (χ1v) is 9.27. The number of carboxylic acids is 1. The van der Waals surface area contributed by atoms with E-state index in [1.54, 1.807) is 4.90 Å². The highest BCUT2D eigenvalue weighted by molar-refractivity contribution is 5.80. The molecule has 0 aliphatic carbocycles. The van der Waals surface area contributed by atoms with E-state index in [4.69, 9.17) is 4.74 Å². The number of piperidine rings is 1. The third-order valence-electron chi connectivity index (χ3n) is 5.24. The van der Waals surface area contributed by atoms with Crippen LogP contribution in [-0.4, -0.2) is 53.7 Å². The number of benzene rings is 1. The van der Waals surface area contributed by atoms with E-state index in [-0.39, 0.29) is 19.1 Å². The standard InChI is InChI=1S/C21H26N2O4/c1-27-15-21(20(25)26)12-5-13-23(14-21)19(24)11-9-17-8-10-18(22-17)16-6-3-2-4-7-16/h2-4,6-8,10,22H,5,9,11-15H2,1H3,(H,25,26). The first kappa shape index (κ1) is 19.2. The van der Waals surface area contributed by atoms with Crippen molar-refractivity contribution < 1.29 is 19.4 Å². The molecule has 1 aromatic heterocycles. The number of methoxy groups -OCH3 is 1. The molecule has 1 amide bonds. The van der Waals surface area contributed by atoms with Gasteiger partial charge in [-0.05, 0) is 37.0 Å². The molecule has 2 heterocycles. The van der Waals surface area contributed by atoms with Crippen LogP contribution in [0.3, 0.4) is 0 Å². The molecule has 2 aromatic rings. The molecule has 1 unspecified atom stereocenters. The number of carbonyl (C=O) groups is 2. The van der Waals surface area contributed by atoms with E-state index in [0.717, 1.165) is 17.0 Å². The van der Waals surface area contributed by atoms with Gasteiger partial charge in [0.2, 0.25) is 5.91 Å². The van der Waals surface area contributed by atoms with Gasteiger partial charge in [0.1, 0.15) is 5.41 Å². The predicted molar refractivity (Wildman–Crippen MR) is 102 cm³/mol. The van der Waals surface area contributed by atoms with Gasteiger partial charge in [-0.3, -0.25) is 9.59 Å². The first-order valence-electron chi connectivity index (χ1n) is 9.27. The number of likely N-dealkylation sites (tertiary alicyclic amines) is 1. The fourth-order valence-electron chi connectivity index (χ4n) is 3.75. The van der Waals surface area contributed by atoms with Crippen LogP contribution in [0.25, 0.3) is 11.3 Å². The molecule has 0 saturated carbocycles. The minimum absolute atomic E-state index is 0.00714. The second kappa shape index (κ2) is 8.39. The number of rotatable bonds is 7. The van der Waals surface area contributed by atoms with Crippen molar-refractivity contribution in [2.45, 2.75) is 25.7 Å². The molecular formula is C21H26N2O4. The van der Waals surface area contributed by atoms with E-state index in [0.29, 0.717) is 32.2 Å². The van der Waals surface area contributed by atoms with E-state index < -0.39 is 11.4 Å². The highest BCUT2D eigenvalue weighted by Crippen LogP contribution is 2.31. The average molecular weight is 370 g/mol. The molecule has 1 saturated heterocycles. The maximum Gasteiger partial charge on any atom is 0.313 e. The Bertz CT molecular complexity index is 782. The number of hydrogen-bond donors (Lipinski definition) is 2. The molecule has 0 bridgehead atoms. The summed E-state index contributed by atoms with van der Waals surface area (Å²) in [5, 5.41) is 9.62. The summed E-state index contributed by atoms with van der Waals surface area (Å²) < 4.78 is 5.12. The Labute approximate surface area is 159 Å². The second-order valence-corrected chi connectivity index (χ2v) is 7.20. The van der Waals surface area contributed by atoms with Gasteiger partial charge in [0.15, 0.2) is 0 Å². The number of aryl methyl sites for hydroxylation is 1. The summed E-state index contributed by atoms with van der Waals surface area (Å²) in [6.07, 6.45) is 2.18. The summed E-state index contributed by atoms with van der Waals surface area (Å²) in [5.74, 6) is -0.897. The zero-order chi connectivity index (χ0) is 19.3. The fraction of sp³-hybridized carbons (Fsp3) is 0.429. The minimum Gasteiger partial charge on any atom is -0.481 e. The van der Waals surface area contributed by atoms with Crippen LogP contribution in [-0.2, 0) is 20.7 Å². The highest BCUT2D eigenvalue weighted by Gasteiger charge is 2.43. The first-order chi connectivity index (χ1) is 13.0. The van der Waals surface area contributed by atoms with E-state index in [1.807, 2.05) is 42.5 Å². The summed E-state index contributed by atoms with van der Waals surface area (Å²) in [4.78, 5) is 29.4. The van der Waals surface area contributed by atoms with E-state index in [1.165, 1.54) is 7.11 Å². The normalized spacial score (nSPS) is 19.8. The number of amides is 1. The van der Waals surface area contributed by atoms with Crippen molar-refractivity contribution in [1.82, 2.24) is 9.88 Å². The van der Waals surface area contributed by atoms with Crippen molar-refractivity contribution in [3.05, 3.63) is 48.2 Å². The molecule has 2 N–H and O–H groups in total. The smallest absolute Gasteiger partial charge is 0.313 e. The second-order valence-electron chi connectivity index (χ2n) is 7.20. The summed E-state index contributed by atoms with van der Waals surface area (Å²) in [7, 11) is 1.50. The minimum atomic E-state index is -0.991. The van der Waals surface area contributed by atoms with Crippen LogP contribution < -0.4 is 0 Å². The van der Waals surface area contributed by atoms with Crippen LogP contribution in [0.2, 0.25) is 0 Å². The Morgan fingerprint density at radius 2 is 2.00 bits per heavy atom. The molecule has 0 spiro atoms. The number of aromatic nitrogens is 1. The average Bonchev–Trinajstić information content (AvgIpc) is 3.16. The van der Waals surface area contributed by atoms with Gasteiger partial charge in [-0.25, -0.2) is 0 Å². The van der Waals surface area contributed by atoms with Gasteiger partial charge in [0.05, 0.1) is 6.61 Å². The quantitative estimate of drug-likeness (QED) is 0.785. The number of aliphatic carboxylic acids is 1. The van der Waals surface area contributed by atoms with Crippen molar-refractivity contribution in [2.24, 2.45) is 5.41 Å². The number of aromatic amines is 1. The molecule has 1 aliphatic rings. The third kappa shape index (κ3) is 4.39. The SMILES string of the molecule is COCC1(C(=O)O)CCCN(C(=O)CCc2ccc(-c3ccccc3)[nH]2)C1. The number of nitrogens with zero attached hydrogens (tertiary/aromatic N) is 1. The van der Waals surface area contributed by atoms with Crippen LogP contribution >= 0.6 is 0 Å². The van der Waals surface area contributed by atoms with Gasteiger partial charge >= 0.3 is 5.97 Å². The van der Waals surface area contributed by atoms with Gasteiger partial charge in [0.25, 0.3) is 0 Å². The summed E-state index contributed by atoms with van der Waals surface area (Å²) in [6, 6.07) is 14.0. The van der Waals surface area contributed by atoms with Crippen LogP contribution in [0.4, 0.5) is 0 Å². The lowest BCUT2D eigenvalue weighted by Crippen LogP contribution is -2.52. The Balaban J connectivity index is 1.59. The number of nitrogens with one attached hydrogen (secondary N) is 1. The number of carbonyl (C=O) groups excluding carboxylic acids is 1. The summed E-state index contributed by atoms with van der Waals surface area (Å²) in [5.41, 5.74) is 2.15. The number of hydrogen-bond acceptors (Lipinski definition) is 3. The summed E-state index contributed by atoms with van der Waals surface area (Å²) >= 11 is 0. The number of ether oxygens (including phenoxy) is 1. The Kier molecular flexibility index (Phi) is 5.96. The van der Waals surface area contributed by atoms with Crippen molar-refractivity contribution in [1.29, 1.82) is 0 Å². The van der Waals surface area contributed by atoms with Crippen LogP contribution in [0, 0.1) is 5.41 Å². The molecule has 6 heteroatoms. The van der Waals surface area contributed by atoms with Gasteiger partial charge in [0, 0.05) is 38.0 Å². The van der Waals surface area contributed by atoms with Crippen molar-refractivity contribution in [3.8, 4) is 11.3 Å². The highest BCUT2D eigenvalue weighted by atomic mass is 16.5. The molecule has 1 fully saturated rings. The van der Waals surface area contributed by atoms with Gasteiger partial charge in [-0.2, -0.15) is 0 Å². The lowest BCUT2D eigenvalue weighted by Gasteiger charge is -2.39. The molecular weight excluding hydrogens is 344 g/mol. The largest absolute Gasteiger partial charge is 0.481 e. The molecule has 0 radical (unpaired) electrons. The van der Waals surface area contributed by atoms with E-state index in [2.05, 4.69) is 4.98 Å². The van der Waals surface area contributed by atoms with Gasteiger partial charge in [-0.1, -0.05) is 30.3 Å². The van der Waals surface area contributed by atoms with Crippen molar-refractivity contribution in [3.63, 3.8) is 0 Å². The topological polar surface area (TPSA) is 82.6 Å². The Morgan fingerprint density at radius 1 is 1.22 bits per heavy atom. The molecule has 6 nitrogen and oxygen atoms in total. The monoisotopic (exact) mass is 370 g/mol. The van der Waals surface area contributed by atoms with Gasteiger partial charge in [-0.15, -0.1) is 0 Å². The molecule has 1 atom stereocenters. The van der Waals surface area contributed by atoms with E-state index >= 15 is 0 Å². The maximum absolute atomic E-state index is 12.6. The van der Waals surface area contributed by atoms with Crippen molar-refractivity contribution >= 4 is 11.9 Å². The van der Waals surface area contributed by atoms with Crippen LogP contribution in [0.15, 0.2) is 42.5 Å². The van der Waals surface area contributed by atoms with Crippen LogP contribution in [0.5, 0.6) is 0 Å².